The average Bonchev–Trinajstić information content (AvgIpc) is 2.85. The van der Waals surface area contributed by atoms with Gasteiger partial charge in [-0.3, -0.25) is 0 Å². The number of nitrogens with one attached hydrogen (secondary N) is 1. The normalized spacial score (nSPS) is 31.2. The maximum atomic E-state index is 3.56. The van der Waals surface area contributed by atoms with Gasteiger partial charge in [0.15, 0.2) is 0 Å². The third kappa shape index (κ3) is 2.44. The molecule has 2 rings (SSSR count). The molecule has 1 unspecified atom stereocenters. The van der Waals surface area contributed by atoms with Gasteiger partial charge in [0.05, 0.1) is 0 Å². The number of likely N-dealkylation sites (N-methyl/N-ethyl adjacent to an activating group) is 1. The van der Waals surface area contributed by atoms with Crippen LogP contribution < -0.4 is 5.32 Å². The van der Waals surface area contributed by atoms with Crippen LogP contribution in [-0.2, 0) is 0 Å². The topological polar surface area (TPSA) is 15.3 Å². The summed E-state index contributed by atoms with van der Waals surface area (Å²) in [5.74, 6) is 1.01. The number of nitrogens with zero attached hydrogens (tertiary/aromatic N) is 1. The van der Waals surface area contributed by atoms with E-state index in [0.29, 0.717) is 0 Å². The predicted molar refractivity (Wildman–Crippen MR) is 55.8 cm³/mol. The van der Waals surface area contributed by atoms with Crippen molar-refractivity contribution in [1.82, 2.24) is 10.2 Å². The molecule has 2 fully saturated rings. The molecular weight excluding hydrogens is 160 g/mol. The first-order valence-electron chi connectivity index (χ1n) is 5.71. The van der Waals surface area contributed by atoms with Crippen LogP contribution in [0.3, 0.4) is 0 Å². The molecule has 1 aliphatic carbocycles. The fourth-order valence-electron chi connectivity index (χ4n) is 2.36. The van der Waals surface area contributed by atoms with Crippen molar-refractivity contribution in [3.63, 3.8) is 0 Å². The van der Waals surface area contributed by atoms with Crippen molar-refractivity contribution in [2.45, 2.75) is 44.7 Å². The Hall–Kier alpha value is -0.0800. The molecule has 2 aliphatic rings. The first-order chi connectivity index (χ1) is 6.27. The molecule has 1 aliphatic heterocycles. The lowest BCUT2D eigenvalue weighted by atomic mass is 10.1. The fourth-order valence-corrected chi connectivity index (χ4v) is 2.36. The molecule has 0 spiro atoms. The van der Waals surface area contributed by atoms with Gasteiger partial charge in [-0.1, -0.05) is 0 Å². The zero-order valence-electron chi connectivity index (χ0n) is 8.92. The van der Waals surface area contributed by atoms with E-state index >= 15 is 0 Å². The summed E-state index contributed by atoms with van der Waals surface area (Å²) >= 11 is 0. The van der Waals surface area contributed by atoms with E-state index in [-0.39, 0.29) is 0 Å². The zero-order valence-corrected chi connectivity index (χ0v) is 8.92. The maximum Gasteiger partial charge on any atom is 0.0195 e. The van der Waals surface area contributed by atoms with Gasteiger partial charge in [0.1, 0.15) is 0 Å². The second-order valence-corrected chi connectivity index (χ2v) is 4.81. The van der Waals surface area contributed by atoms with E-state index in [2.05, 4.69) is 24.2 Å². The molecule has 2 atom stereocenters. The van der Waals surface area contributed by atoms with Gasteiger partial charge in [-0.15, -0.1) is 0 Å². The van der Waals surface area contributed by atoms with E-state index in [4.69, 9.17) is 0 Å². The monoisotopic (exact) mass is 182 g/mol. The molecule has 0 bridgehead atoms. The quantitative estimate of drug-likeness (QED) is 0.708. The van der Waals surface area contributed by atoms with E-state index in [0.717, 1.165) is 18.0 Å². The van der Waals surface area contributed by atoms with E-state index < -0.39 is 0 Å². The summed E-state index contributed by atoms with van der Waals surface area (Å²) in [6.45, 7) is 4.86. The Balaban J connectivity index is 1.72. The highest BCUT2D eigenvalue weighted by molar-refractivity contribution is 4.86. The molecule has 0 radical (unpaired) electrons. The standard InChI is InChI=1S/C11H22N2/c1-9(10-5-6-10)13(2)8-11-4-3-7-12-11/h9-12H,3-8H2,1-2H3/t9?,11-/m0/s1. The lowest BCUT2D eigenvalue weighted by Gasteiger charge is -2.27. The average molecular weight is 182 g/mol. The Morgan fingerprint density at radius 3 is 2.69 bits per heavy atom. The number of hydrogen-bond donors (Lipinski definition) is 1. The summed E-state index contributed by atoms with van der Waals surface area (Å²) in [5.41, 5.74) is 0. The van der Waals surface area contributed by atoms with Gasteiger partial charge < -0.3 is 10.2 Å². The molecule has 1 saturated heterocycles. The third-order valence-corrected chi connectivity index (χ3v) is 3.67. The Morgan fingerprint density at radius 1 is 1.38 bits per heavy atom. The number of rotatable bonds is 4. The van der Waals surface area contributed by atoms with Gasteiger partial charge in [0.2, 0.25) is 0 Å². The lowest BCUT2D eigenvalue weighted by molar-refractivity contribution is 0.215. The van der Waals surface area contributed by atoms with E-state index in [1.54, 1.807) is 0 Å². The van der Waals surface area contributed by atoms with Crippen molar-refractivity contribution < 1.29 is 0 Å². The van der Waals surface area contributed by atoms with Crippen molar-refractivity contribution in [1.29, 1.82) is 0 Å². The molecule has 0 amide bonds. The molecule has 1 saturated carbocycles. The summed E-state index contributed by atoms with van der Waals surface area (Å²) < 4.78 is 0. The molecule has 2 heteroatoms. The molecule has 1 N–H and O–H groups in total. The van der Waals surface area contributed by atoms with Crippen molar-refractivity contribution in [2.24, 2.45) is 5.92 Å². The molecule has 0 aromatic heterocycles. The largest absolute Gasteiger partial charge is 0.313 e. The second-order valence-electron chi connectivity index (χ2n) is 4.81. The molecule has 2 nitrogen and oxygen atoms in total. The molecule has 76 valence electrons. The molecular formula is C11H22N2. The fraction of sp³-hybridized carbons (Fsp3) is 1.00. The summed E-state index contributed by atoms with van der Waals surface area (Å²) in [4.78, 5) is 2.54. The van der Waals surface area contributed by atoms with Gasteiger partial charge in [0.25, 0.3) is 0 Å². The van der Waals surface area contributed by atoms with Crippen molar-refractivity contribution in [2.75, 3.05) is 20.1 Å². The van der Waals surface area contributed by atoms with Gasteiger partial charge in [0, 0.05) is 18.6 Å². The highest BCUT2D eigenvalue weighted by atomic mass is 15.2. The van der Waals surface area contributed by atoms with Crippen LogP contribution in [0, 0.1) is 5.92 Å². The third-order valence-electron chi connectivity index (χ3n) is 3.67. The van der Waals surface area contributed by atoms with E-state index in [9.17, 15) is 0 Å². The Bertz CT molecular complexity index is 159. The molecule has 1 heterocycles. The van der Waals surface area contributed by atoms with Crippen LogP contribution in [0.1, 0.15) is 32.6 Å². The summed E-state index contributed by atoms with van der Waals surface area (Å²) in [5, 5.41) is 3.56. The zero-order chi connectivity index (χ0) is 9.26. The lowest BCUT2D eigenvalue weighted by Crippen LogP contribution is -2.40. The van der Waals surface area contributed by atoms with Gasteiger partial charge in [-0.05, 0) is 52.1 Å². The van der Waals surface area contributed by atoms with Crippen LogP contribution in [0.2, 0.25) is 0 Å². The van der Waals surface area contributed by atoms with Gasteiger partial charge >= 0.3 is 0 Å². The second kappa shape index (κ2) is 3.97. The maximum absolute atomic E-state index is 3.56. The molecule has 13 heavy (non-hydrogen) atoms. The first kappa shape index (κ1) is 9.47. The van der Waals surface area contributed by atoms with Crippen molar-refractivity contribution >= 4 is 0 Å². The first-order valence-corrected chi connectivity index (χ1v) is 5.71. The smallest absolute Gasteiger partial charge is 0.0195 e. The molecule has 0 aromatic rings. The van der Waals surface area contributed by atoms with Crippen LogP contribution in [0.5, 0.6) is 0 Å². The van der Waals surface area contributed by atoms with Crippen LogP contribution in [-0.4, -0.2) is 37.1 Å². The number of hydrogen-bond acceptors (Lipinski definition) is 2. The van der Waals surface area contributed by atoms with Gasteiger partial charge in [-0.2, -0.15) is 0 Å². The summed E-state index contributed by atoms with van der Waals surface area (Å²) in [6, 6.07) is 1.58. The van der Waals surface area contributed by atoms with E-state index in [1.165, 1.54) is 38.8 Å². The van der Waals surface area contributed by atoms with Crippen molar-refractivity contribution in [3.05, 3.63) is 0 Å². The minimum Gasteiger partial charge on any atom is -0.313 e. The minimum absolute atomic E-state index is 0.770. The van der Waals surface area contributed by atoms with Crippen LogP contribution >= 0.6 is 0 Å². The van der Waals surface area contributed by atoms with Crippen LogP contribution in [0.25, 0.3) is 0 Å². The van der Waals surface area contributed by atoms with E-state index in [1.807, 2.05) is 0 Å². The highest BCUT2D eigenvalue weighted by Gasteiger charge is 2.31. The predicted octanol–water partition coefficient (Wildman–Crippen LogP) is 1.47. The van der Waals surface area contributed by atoms with Crippen LogP contribution in [0.15, 0.2) is 0 Å². The minimum atomic E-state index is 0.770. The Labute approximate surface area is 81.7 Å². The Kier molecular flexibility index (Phi) is 2.89. The summed E-state index contributed by atoms with van der Waals surface area (Å²) in [6.07, 6.45) is 5.67. The summed E-state index contributed by atoms with van der Waals surface area (Å²) in [7, 11) is 2.28. The van der Waals surface area contributed by atoms with Gasteiger partial charge in [-0.25, -0.2) is 0 Å². The Morgan fingerprint density at radius 2 is 2.15 bits per heavy atom. The van der Waals surface area contributed by atoms with Crippen LogP contribution in [0.4, 0.5) is 0 Å². The molecule has 0 aromatic carbocycles. The SMILES string of the molecule is CC(C1CC1)N(C)C[C@@H]1CCCN1. The van der Waals surface area contributed by atoms with Crippen molar-refractivity contribution in [3.8, 4) is 0 Å². The highest BCUT2D eigenvalue weighted by Crippen LogP contribution is 2.34.